The van der Waals surface area contributed by atoms with Crippen LogP contribution in [0.4, 0.5) is 5.82 Å². The quantitative estimate of drug-likeness (QED) is 0.525. The average Bonchev–Trinajstić information content (AvgIpc) is 3.41. The molecule has 3 unspecified atom stereocenters. The SMILES string of the molecule is Cc1cnc2ccc(-c3nc(C(=O)NC4CC5CCC54)c(N)nc3-c3ncco3)cn12. The largest absolute Gasteiger partial charge is 0.443 e. The van der Waals surface area contributed by atoms with E-state index in [1.165, 1.54) is 25.3 Å². The maximum Gasteiger partial charge on any atom is 0.273 e. The first-order valence-electron chi connectivity index (χ1n) is 10.4. The van der Waals surface area contributed by atoms with Gasteiger partial charge >= 0.3 is 0 Å². The van der Waals surface area contributed by atoms with Gasteiger partial charge in [0.15, 0.2) is 17.2 Å². The third-order valence-electron chi connectivity index (χ3n) is 6.60. The van der Waals surface area contributed by atoms with E-state index in [0.717, 1.165) is 29.2 Å². The van der Waals surface area contributed by atoms with E-state index in [4.69, 9.17) is 10.2 Å². The molecule has 156 valence electrons. The van der Waals surface area contributed by atoms with Gasteiger partial charge in [0, 0.05) is 29.7 Å². The van der Waals surface area contributed by atoms with Crippen LogP contribution in [0.3, 0.4) is 0 Å². The lowest BCUT2D eigenvalue weighted by molar-refractivity contribution is 0.00655. The summed E-state index contributed by atoms with van der Waals surface area (Å²) in [6, 6.07) is 3.98. The minimum Gasteiger partial charge on any atom is -0.443 e. The van der Waals surface area contributed by atoms with E-state index in [1.807, 2.05) is 29.7 Å². The Morgan fingerprint density at radius 2 is 2.13 bits per heavy atom. The van der Waals surface area contributed by atoms with Crippen LogP contribution >= 0.6 is 0 Å². The van der Waals surface area contributed by atoms with Crippen molar-refractivity contribution in [3.8, 4) is 22.8 Å². The third-order valence-corrected chi connectivity index (χ3v) is 6.60. The molecule has 0 saturated heterocycles. The number of nitrogens with one attached hydrogen (secondary N) is 1. The number of aryl methyl sites for hydroxylation is 1. The lowest BCUT2D eigenvalue weighted by Gasteiger charge is -2.53. The summed E-state index contributed by atoms with van der Waals surface area (Å²) in [5.41, 5.74) is 9.71. The predicted octanol–water partition coefficient (Wildman–Crippen LogP) is 2.87. The molecule has 1 amide bonds. The molecule has 0 aliphatic heterocycles. The molecule has 9 nitrogen and oxygen atoms in total. The molecule has 9 heteroatoms. The molecule has 6 rings (SSSR count). The minimum atomic E-state index is -0.291. The fourth-order valence-corrected chi connectivity index (χ4v) is 4.67. The number of nitrogens with two attached hydrogens (primary N) is 1. The highest BCUT2D eigenvalue weighted by molar-refractivity contribution is 5.98. The minimum absolute atomic E-state index is 0.0545. The molecule has 4 heterocycles. The average molecular weight is 415 g/mol. The van der Waals surface area contributed by atoms with E-state index in [-0.39, 0.29) is 23.5 Å². The topological polar surface area (TPSA) is 124 Å². The highest BCUT2D eigenvalue weighted by Gasteiger charge is 2.47. The van der Waals surface area contributed by atoms with E-state index in [2.05, 4.69) is 25.3 Å². The highest BCUT2D eigenvalue weighted by Crippen LogP contribution is 2.50. The zero-order valence-electron chi connectivity index (χ0n) is 16.9. The maximum absolute atomic E-state index is 13.0. The number of pyridine rings is 1. The van der Waals surface area contributed by atoms with E-state index >= 15 is 0 Å². The Bertz CT molecular complexity index is 1310. The summed E-state index contributed by atoms with van der Waals surface area (Å²) >= 11 is 0. The van der Waals surface area contributed by atoms with Crippen LogP contribution in [0.1, 0.15) is 35.4 Å². The summed E-state index contributed by atoms with van der Waals surface area (Å²) in [5.74, 6) is 1.41. The van der Waals surface area contributed by atoms with Gasteiger partial charge in [0.2, 0.25) is 5.89 Å². The lowest BCUT2D eigenvalue weighted by atomic mass is 9.56. The monoisotopic (exact) mass is 415 g/mol. The number of oxazole rings is 1. The molecule has 31 heavy (non-hydrogen) atoms. The fraction of sp³-hybridized carbons (Fsp3) is 0.318. The Labute approximate surface area is 177 Å². The van der Waals surface area contributed by atoms with E-state index < -0.39 is 0 Å². The van der Waals surface area contributed by atoms with Crippen molar-refractivity contribution in [2.24, 2.45) is 11.8 Å². The smallest absolute Gasteiger partial charge is 0.273 e. The van der Waals surface area contributed by atoms with Crippen molar-refractivity contribution >= 4 is 17.4 Å². The second-order valence-corrected chi connectivity index (χ2v) is 8.35. The molecule has 3 atom stereocenters. The first-order valence-corrected chi connectivity index (χ1v) is 10.4. The number of carbonyl (C=O) groups excluding carboxylic acids is 1. The summed E-state index contributed by atoms with van der Waals surface area (Å²) in [6.07, 6.45) is 10.2. The number of imidazole rings is 1. The van der Waals surface area contributed by atoms with Crippen molar-refractivity contribution in [2.45, 2.75) is 32.2 Å². The molecule has 4 aromatic rings. The van der Waals surface area contributed by atoms with Gasteiger partial charge in [0.05, 0.1) is 6.20 Å². The van der Waals surface area contributed by atoms with Crippen molar-refractivity contribution in [1.29, 1.82) is 0 Å². The zero-order valence-corrected chi connectivity index (χ0v) is 16.9. The van der Waals surface area contributed by atoms with Crippen molar-refractivity contribution in [3.05, 3.63) is 48.4 Å². The van der Waals surface area contributed by atoms with E-state index in [0.29, 0.717) is 23.2 Å². The highest BCUT2D eigenvalue weighted by atomic mass is 16.3. The standard InChI is InChI=1S/C22H21N7O2/c1-11-9-25-16-5-3-13(10-29(11)16)17-18(22-24-6-7-31-22)28-20(23)19(27-17)21(30)26-15-8-12-2-4-14(12)15/h3,5-7,9-10,12,14-15H,2,4,8H2,1H3,(H2,23,28)(H,26,30). The van der Waals surface area contributed by atoms with Crippen LogP contribution in [0, 0.1) is 18.8 Å². The van der Waals surface area contributed by atoms with Crippen LogP contribution in [0.15, 0.2) is 41.4 Å². The molecule has 2 aliphatic carbocycles. The summed E-state index contributed by atoms with van der Waals surface area (Å²) < 4.78 is 7.42. The number of nitrogens with zero attached hydrogens (tertiary/aromatic N) is 5. The van der Waals surface area contributed by atoms with Gasteiger partial charge in [-0.3, -0.25) is 4.79 Å². The Morgan fingerprint density at radius 3 is 2.84 bits per heavy atom. The zero-order chi connectivity index (χ0) is 21.1. The number of anilines is 1. The number of hydrogen-bond donors (Lipinski definition) is 2. The Morgan fingerprint density at radius 1 is 1.23 bits per heavy atom. The van der Waals surface area contributed by atoms with Gasteiger partial charge in [-0.2, -0.15) is 0 Å². The fourth-order valence-electron chi connectivity index (χ4n) is 4.67. The van der Waals surface area contributed by atoms with Crippen LogP contribution < -0.4 is 11.1 Å². The van der Waals surface area contributed by atoms with Crippen LogP contribution in [0.2, 0.25) is 0 Å². The Hall–Kier alpha value is -3.75. The van der Waals surface area contributed by atoms with Gasteiger partial charge in [0.1, 0.15) is 17.6 Å². The summed E-state index contributed by atoms with van der Waals surface area (Å²) in [6.45, 7) is 1.97. The Kier molecular flexibility index (Phi) is 3.86. The summed E-state index contributed by atoms with van der Waals surface area (Å²) in [4.78, 5) is 30.7. The first kappa shape index (κ1) is 18.1. The molecule has 2 aliphatic rings. The second kappa shape index (κ2) is 6.63. The maximum atomic E-state index is 13.0. The first-order chi connectivity index (χ1) is 15.1. The number of fused-ring (bicyclic) bond motifs is 2. The molecule has 2 fully saturated rings. The number of nitrogen functional groups attached to an aromatic ring is 1. The van der Waals surface area contributed by atoms with Crippen molar-refractivity contribution in [3.63, 3.8) is 0 Å². The molecule has 0 aromatic carbocycles. The summed E-state index contributed by atoms with van der Waals surface area (Å²) in [5, 5.41) is 3.10. The van der Waals surface area contributed by atoms with Gasteiger partial charge in [-0.25, -0.2) is 19.9 Å². The summed E-state index contributed by atoms with van der Waals surface area (Å²) in [7, 11) is 0. The van der Waals surface area contributed by atoms with E-state index in [9.17, 15) is 4.79 Å². The Balaban J connectivity index is 1.44. The van der Waals surface area contributed by atoms with Gasteiger partial charge in [0.25, 0.3) is 5.91 Å². The molecule has 4 aromatic heterocycles. The van der Waals surface area contributed by atoms with E-state index in [1.54, 1.807) is 6.20 Å². The molecule has 3 N–H and O–H groups in total. The number of amides is 1. The van der Waals surface area contributed by atoms with Crippen LogP contribution in [-0.4, -0.2) is 36.3 Å². The van der Waals surface area contributed by atoms with Crippen molar-refractivity contribution in [1.82, 2.24) is 29.7 Å². The van der Waals surface area contributed by atoms with Gasteiger partial charge in [-0.05, 0) is 50.2 Å². The third kappa shape index (κ3) is 2.80. The number of aromatic nitrogens is 5. The lowest BCUT2D eigenvalue weighted by Crippen LogP contribution is -2.57. The van der Waals surface area contributed by atoms with Crippen LogP contribution in [0.25, 0.3) is 28.5 Å². The van der Waals surface area contributed by atoms with Crippen molar-refractivity contribution in [2.75, 3.05) is 5.73 Å². The van der Waals surface area contributed by atoms with Gasteiger partial charge < -0.3 is 19.9 Å². The normalized spacial score (nSPS) is 21.9. The van der Waals surface area contributed by atoms with Crippen LogP contribution in [0.5, 0.6) is 0 Å². The number of rotatable bonds is 4. The van der Waals surface area contributed by atoms with Gasteiger partial charge in [-0.15, -0.1) is 0 Å². The second-order valence-electron chi connectivity index (χ2n) is 8.35. The molecular formula is C22H21N7O2. The van der Waals surface area contributed by atoms with Crippen LogP contribution in [-0.2, 0) is 0 Å². The molecule has 0 radical (unpaired) electrons. The molecule has 2 saturated carbocycles. The van der Waals surface area contributed by atoms with Gasteiger partial charge in [-0.1, -0.05) is 0 Å². The molecule has 0 spiro atoms. The number of hydrogen-bond acceptors (Lipinski definition) is 7. The molecular weight excluding hydrogens is 394 g/mol. The number of carbonyl (C=O) groups is 1. The van der Waals surface area contributed by atoms with Crippen molar-refractivity contribution < 1.29 is 9.21 Å². The predicted molar refractivity (Wildman–Crippen MR) is 113 cm³/mol. The molecule has 0 bridgehead atoms.